The average molecular weight is 297 g/mol. The summed E-state index contributed by atoms with van der Waals surface area (Å²) >= 11 is 0. The summed E-state index contributed by atoms with van der Waals surface area (Å²) in [6, 6.07) is 14.2. The van der Waals surface area contributed by atoms with E-state index in [9.17, 15) is 0 Å². The van der Waals surface area contributed by atoms with Crippen LogP contribution in [0.5, 0.6) is 5.75 Å². The van der Waals surface area contributed by atoms with Gasteiger partial charge >= 0.3 is 0 Å². The molecule has 0 unspecified atom stereocenters. The number of aliphatic imine (C=N–C) groups is 1. The number of anilines is 1. The Morgan fingerprint density at radius 3 is 2.45 bits per heavy atom. The van der Waals surface area contributed by atoms with E-state index in [0.717, 1.165) is 11.4 Å². The SMILES string of the molecule is Cc1cccc(NC(N)=NCCOc2cc(C)cc(C)c2)c1. The summed E-state index contributed by atoms with van der Waals surface area (Å²) in [5.74, 6) is 1.27. The maximum Gasteiger partial charge on any atom is 0.193 e. The lowest BCUT2D eigenvalue weighted by atomic mass is 10.1. The van der Waals surface area contributed by atoms with Crippen molar-refractivity contribution in [2.24, 2.45) is 10.7 Å². The topological polar surface area (TPSA) is 59.6 Å². The maximum absolute atomic E-state index is 5.87. The van der Waals surface area contributed by atoms with Crippen LogP contribution in [0.2, 0.25) is 0 Å². The normalized spacial score (nSPS) is 11.3. The number of nitrogens with zero attached hydrogens (tertiary/aromatic N) is 1. The van der Waals surface area contributed by atoms with Crippen LogP contribution in [0.4, 0.5) is 5.69 Å². The van der Waals surface area contributed by atoms with Gasteiger partial charge in [0, 0.05) is 5.69 Å². The van der Waals surface area contributed by atoms with Crippen LogP contribution >= 0.6 is 0 Å². The van der Waals surface area contributed by atoms with Crippen molar-refractivity contribution in [1.29, 1.82) is 0 Å². The number of nitrogens with one attached hydrogen (secondary N) is 1. The van der Waals surface area contributed by atoms with Crippen LogP contribution < -0.4 is 15.8 Å². The predicted molar refractivity (Wildman–Crippen MR) is 92.7 cm³/mol. The first-order valence-electron chi connectivity index (χ1n) is 7.37. The second-order valence-corrected chi connectivity index (χ2v) is 5.43. The van der Waals surface area contributed by atoms with Crippen LogP contribution in [0, 0.1) is 20.8 Å². The number of aryl methyl sites for hydroxylation is 3. The van der Waals surface area contributed by atoms with Gasteiger partial charge in [-0.2, -0.15) is 0 Å². The van der Waals surface area contributed by atoms with Crippen molar-refractivity contribution in [3.05, 3.63) is 59.2 Å². The van der Waals surface area contributed by atoms with Crippen molar-refractivity contribution in [3.63, 3.8) is 0 Å². The van der Waals surface area contributed by atoms with E-state index in [1.54, 1.807) is 0 Å². The van der Waals surface area contributed by atoms with Gasteiger partial charge in [0.2, 0.25) is 0 Å². The summed E-state index contributed by atoms with van der Waals surface area (Å²) in [6.07, 6.45) is 0. The molecule has 0 amide bonds. The smallest absolute Gasteiger partial charge is 0.193 e. The summed E-state index contributed by atoms with van der Waals surface area (Å²) in [4.78, 5) is 4.27. The first kappa shape index (κ1) is 15.9. The number of rotatable bonds is 5. The Morgan fingerprint density at radius 2 is 1.77 bits per heavy atom. The van der Waals surface area contributed by atoms with E-state index in [1.807, 2.05) is 43.3 Å². The number of nitrogens with two attached hydrogens (primary N) is 1. The number of benzene rings is 2. The van der Waals surface area contributed by atoms with Gasteiger partial charge in [0.25, 0.3) is 0 Å². The predicted octanol–water partition coefficient (Wildman–Crippen LogP) is 3.42. The molecule has 0 aliphatic carbocycles. The molecule has 2 aromatic rings. The summed E-state index contributed by atoms with van der Waals surface area (Å²) in [5, 5.41) is 3.07. The Kier molecular flexibility index (Phi) is 5.42. The van der Waals surface area contributed by atoms with Crippen LogP contribution in [0.15, 0.2) is 47.5 Å². The van der Waals surface area contributed by atoms with E-state index in [2.05, 4.69) is 30.2 Å². The third-order valence-corrected chi connectivity index (χ3v) is 3.13. The van der Waals surface area contributed by atoms with Gasteiger partial charge in [-0.15, -0.1) is 0 Å². The Balaban J connectivity index is 1.81. The fourth-order valence-corrected chi connectivity index (χ4v) is 2.26. The van der Waals surface area contributed by atoms with Gasteiger partial charge in [0.05, 0.1) is 6.54 Å². The molecule has 0 radical (unpaired) electrons. The number of guanidine groups is 1. The van der Waals surface area contributed by atoms with E-state index in [0.29, 0.717) is 19.1 Å². The lowest BCUT2D eigenvalue weighted by Crippen LogP contribution is -2.23. The van der Waals surface area contributed by atoms with E-state index < -0.39 is 0 Å². The second kappa shape index (κ2) is 7.50. The minimum atomic E-state index is 0.398. The van der Waals surface area contributed by atoms with Crippen molar-refractivity contribution < 1.29 is 4.74 Å². The molecule has 0 aromatic heterocycles. The van der Waals surface area contributed by atoms with Crippen molar-refractivity contribution in [2.75, 3.05) is 18.5 Å². The lowest BCUT2D eigenvalue weighted by Gasteiger charge is -2.08. The van der Waals surface area contributed by atoms with E-state index in [4.69, 9.17) is 10.5 Å². The Morgan fingerprint density at radius 1 is 1.05 bits per heavy atom. The van der Waals surface area contributed by atoms with Crippen LogP contribution in [0.1, 0.15) is 16.7 Å². The maximum atomic E-state index is 5.87. The minimum Gasteiger partial charge on any atom is -0.492 e. The summed E-state index contributed by atoms with van der Waals surface area (Å²) in [5.41, 5.74) is 10.4. The summed E-state index contributed by atoms with van der Waals surface area (Å²) in [6.45, 7) is 7.16. The number of hydrogen-bond acceptors (Lipinski definition) is 2. The minimum absolute atomic E-state index is 0.398. The van der Waals surface area contributed by atoms with Gasteiger partial charge in [-0.05, 0) is 61.7 Å². The largest absolute Gasteiger partial charge is 0.492 e. The van der Waals surface area contributed by atoms with Crippen molar-refractivity contribution >= 4 is 11.6 Å². The highest BCUT2D eigenvalue weighted by Gasteiger charge is 1.98. The monoisotopic (exact) mass is 297 g/mol. The standard InChI is InChI=1S/C18H23N3O/c1-13-5-4-6-16(10-13)21-18(19)20-7-8-22-17-11-14(2)9-15(3)12-17/h4-6,9-12H,7-8H2,1-3H3,(H3,19,20,21). The molecule has 0 bridgehead atoms. The summed E-state index contributed by atoms with van der Waals surface area (Å²) < 4.78 is 5.70. The number of ether oxygens (including phenoxy) is 1. The molecule has 116 valence electrons. The van der Waals surface area contributed by atoms with Crippen LogP contribution in [0.25, 0.3) is 0 Å². The van der Waals surface area contributed by atoms with E-state index in [1.165, 1.54) is 16.7 Å². The first-order valence-corrected chi connectivity index (χ1v) is 7.37. The second-order valence-electron chi connectivity index (χ2n) is 5.43. The molecule has 0 fully saturated rings. The van der Waals surface area contributed by atoms with Crippen molar-refractivity contribution in [2.45, 2.75) is 20.8 Å². The Labute approximate surface area is 132 Å². The zero-order chi connectivity index (χ0) is 15.9. The molecule has 3 N–H and O–H groups in total. The molecular formula is C18H23N3O. The first-order chi connectivity index (χ1) is 10.5. The van der Waals surface area contributed by atoms with Gasteiger partial charge in [-0.25, -0.2) is 4.99 Å². The van der Waals surface area contributed by atoms with Gasteiger partial charge < -0.3 is 15.8 Å². The molecule has 0 heterocycles. The zero-order valence-corrected chi connectivity index (χ0v) is 13.4. The molecule has 0 spiro atoms. The molecule has 0 atom stereocenters. The third kappa shape index (κ3) is 5.13. The van der Waals surface area contributed by atoms with Crippen LogP contribution in [-0.4, -0.2) is 19.1 Å². The molecular weight excluding hydrogens is 274 g/mol. The quantitative estimate of drug-likeness (QED) is 0.505. The Bertz CT molecular complexity index is 645. The molecule has 22 heavy (non-hydrogen) atoms. The van der Waals surface area contributed by atoms with Crippen molar-refractivity contribution in [3.8, 4) is 5.75 Å². The molecule has 4 nitrogen and oxygen atoms in total. The lowest BCUT2D eigenvalue weighted by molar-refractivity contribution is 0.328. The third-order valence-electron chi connectivity index (χ3n) is 3.13. The van der Waals surface area contributed by atoms with Gasteiger partial charge in [-0.3, -0.25) is 0 Å². The van der Waals surface area contributed by atoms with E-state index >= 15 is 0 Å². The fraction of sp³-hybridized carbons (Fsp3) is 0.278. The average Bonchev–Trinajstić information content (AvgIpc) is 2.42. The molecule has 2 rings (SSSR count). The Hall–Kier alpha value is -2.49. The number of hydrogen-bond donors (Lipinski definition) is 2. The van der Waals surface area contributed by atoms with Crippen molar-refractivity contribution in [1.82, 2.24) is 0 Å². The molecule has 0 saturated carbocycles. The van der Waals surface area contributed by atoms with Crippen LogP contribution in [-0.2, 0) is 0 Å². The van der Waals surface area contributed by atoms with Gasteiger partial charge in [-0.1, -0.05) is 18.2 Å². The van der Waals surface area contributed by atoms with Crippen LogP contribution in [0.3, 0.4) is 0 Å². The molecule has 4 heteroatoms. The molecule has 0 saturated heterocycles. The fourth-order valence-electron chi connectivity index (χ4n) is 2.26. The van der Waals surface area contributed by atoms with Gasteiger partial charge in [0.15, 0.2) is 5.96 Å². The highest BCUT2D eigenvalue weighted by molar-refractivity contribution is 5.92. The highest BCUT2D eigenvalue weighted by atomic mass is 16.5. The molecule has 2 aromatic carbocycles. The highest BCUT2D eigenvalue weighted by Crippen LogP contribution is 2.16. The molecule has 0 aliphatic heterocycles. The van der Waals surface area contributed by atoms with Gasteiger partial charge in [0.1, 0.15) is 12.4 Å². The van der Waals surface area contributed by atoms with E-state index in [-0.39, 0.29) is 0 Å². The summed E-state index contributed by atoms with van der Waals surface area (Å²) in [7, 11) is 0. The zero-order valence-electron chi connectivity index (χ0n) is 13.4. The molecule has 0 aliphatic rings.